The van der Waals surface area contributed by atoms with Crippen LogP contribution in [-0.4, -0.2) is 41.0 Å². The molecular weight excluding hydrogens is 386 g/mol. The van der Waals surface area contributed by atoms with Crippen molar-refractivity contribution in [2.45, 2.75) is 56.2 Å². The molecule has 2 aliphatic rings. The molecule has 0 atom stereocenters. The van der Waals surface area contributed by atoms with Gasteiger partial charge in [0.2, 0.25) is 5.91 Å². The first kappa shape index (κ1) is 20.0. The molecule has 1 aliphatic heterocycles. The Morgan fingerprint density at radius 1 is 1.17 bits per heavy atom. The minimum atomic E-state index is -0.0427. The van der Waals surface area contributed by atoms with Gasteiger partial charge in [-0.3, -0.25) is 9.59 Å². The second-order valence-corrected chi connectivity index (χ2v) is 8.95. The molecule has 1 aliphatic carbocycles. The lowest BCUT2D eigenvalue weighted by molar-refractivity contribution is -0.133. The summed E-state index contributed by atoms with van der Waals surface area (Å²) in [5.41, 5.74) is 2.67. The number of aryl methyl sites for hydroxylation is 2. The quantitative estimate of drug-likeness (QED) is 0.731. The number of rotatable bonds is 6. The fraction of sp³-hybridized carbons (Fsp3) is 0.500. The van der Waals surface area contributed by atoms with Gasteiger partial charge in [-0.05, 0) is 51.7 Å². The predicted octanol–water partition coefficient (Wildman–Crippen LogP) is 3.71. The molecule has 0 bridgehead atoms. The van der Waals surface area contributed by atoms with Gasteiger partial charge >= 0.3 is 0 Å². The van der Waals surface area contributed by atoms with Crippen molar-refractivity contribution in [2.24, 2.45) is 5.92 Å². The molecule has 1 aromatic carbocycles. The van der Waals surface area contributed by atoms with E-state index in [9.17, 15) is 9.59 Å². The van der Waals surface area contributed by atoms with E-state index < -0.39 is 0 Å². The van der Waals surface area contributed by atoms with Crippen LogP contribution in [0.3, 0.4) is 0 Å². The van der Waals surface area contributed by atoms with Gasteiger partial charge in [-0.2, -0.15) is 0 Å². The van der Waals surface area contributed by atoms with Gasteiger partial charge in [-0.15, -0.1) is 11.8 Å². The van der Waals surface area contributed by atoms with Crippen molar-refractivity contribution in [2.75, 3.05) is 13.1 Å². The predicted molar refractivity (Wildman–Crippen MR) is 112 cm³/mol. The van der Waals surface area contributed by atoms with Gasteiger partial charge in [0, 0.05) is 41.3 Å². The van der Waals surface area contributed by atoms with Crippen molar-refractivity contribution in [3.05, 3.63) is 46.8 Å². The Morgan fingerprint density at radius 3 is 2.55 bits per heavy atom. The molecule has 154 valence electrons. The van der Waals surface area contributed by atoms with Crippen LogP contribution >= 0.6 is 11.8 Å². The molecule has 2 fully saturated rings. The fourth-order valence-corrected chi connectivity index (χ4v) is 4.94. The molecule has 1 saturated carbocycles. The molecule has 1 saturated heterocycles. The molecule has 4 rings (SSSR count). The minimum absolute atomic E-state index is 0.0427. The van der Waals surface area contributed by atoms with Crippen molar-refractivity contribution in [1.29, 1.82) is 0 Å². The lowest BCUT2D eigenvalue weighted by Gasteiger charge is -2.32. The molecule has 2 amide bonds. The van der Waals surface area contributed by atoms with Crippen molar-refractivity contribution in [3.63, 3.8) is 0 Å². The van der Waals surface area contributed by atoms with E-state index in [-0.39, 0.29) is 17.9 Å². The van der Waals surface area contributed by atoms with Crippen molar-refractivity contribution < 1.29 is 14.1 Å². The maximum atomic E-state index is 12.9. The molecule has 29 heavy (non-hydrogen) atoms. The number of nitrogens with one attached hydrogen (secondary N) is 1. The molecule has 1 aromatic heterocycles. The lowest BCUT2D eigenvalue weighted by atomic mass is 10.0. The van der Waals surface area contributed by atoms with Crippen LogP contribution in [0.4, 0.5) is 0 Å². The highest BCUT2D eigenvalue weighted by atomic mass is 32.2. The topological polar surface area (TPSA) is 75.4 Å². The van der Waals surface area contributed by atoms with Crippen molar-refractivity contribution >= 4 is 23.6 Å². The Labute approximate surface area is 175 Å². The number of amides is 2. The standard InChI is InChI=1S/C22H27N3O3S/c1-14-19(15(2)28-24-14)13-29-20-6-4-3-5-18(20)21(26)23-17-9-11-25(12-10-17)22(27)16-7-8-16/h3-6,16-17H,7-13H2,1-2H3,(H,23,26). The van der Waals surface area contributed by atoms with Crippen molar-refractivity contribution in [3.8, 4) is 0 Å². The van der Waals surface area contributed by atoms with Crippen LogP contribution in [0.15, 0.2) is 33.7 Å². The van der Waals surface area contributed by atoms with Crippen LogP contribution in [-0.2, 0) is 10.5 Å². The van der Waals surface area contributed by atoms with Crippen LogP contribution in [0.25, 0.3) is 0 Å². The maximum absolute atomic E-state index is 12.9. The zero-order valence-corrected chi connectivity index (χ0v) is 17.8. The van der Waals surface area contributed by atoms with Crippen LogP contribution in [0.1, 0.15) is 53.1 Å². The summed E-state index contributed by atoms with van der Waals surface area (Å²) >= 11 is 1.62. The molecule has 7 heteroatoms. The highest BCUT2D eigenvalue weighted by molar-refractivity contribution is 7.98. The Morgan fingerprint density at radius 2 is 1.90 bits per heavy atom. The fourth-order valence-electron chi connectivity index (χ4n) is 3.73. The largest absolute Gasteiger partial charge is 0.361 e. The number of hydrogen-bond acceptors (Lipinski definition) is 5. The zero-order valence-electron chi connectivity index (χ0n) is 16.9. The second-order valence-electron chi connectivity index (χ2n) is 7.93. The molecule has 2 heterocycles. The molecule has 2 aromatic rings. The van der Waals surface area contributed by atoms with Gasteiger partial charge in [0.1, 0.15) is 5.76 Å². The van der Waals surface area contributed by atoms with Crippen LogP contribution in [0.2, 0.25) is 0 Å². The summed E-state index contributed by atoms with van der Waals surface area (Å²) in [4.78, 5) is 28.0. The Bertz CT molecular complexity index is 879. The average molecular weight is 414 g/mol. The Balaban J connectivity index is 1.35. The van der Waals surface area contributed by atoms with Gasteiger partial charge in [0.25, 0.3) is 5.91 Å². The number of nitrogens with zero attached hydrogens (tertiary/aromatic N) is 2. The normalized spacial score (nSPS) is 17.4. The summed E-state index contributed by atoms with van der Waals surface area (Å²) in [6.07, 6.45) is 3.72. The number of benzene rings is 1. The van der Waals surface area contributed by atoms with Gasteiger partial charge < -0.3 is 14.7 Å². The molecule has 0 unspecified atom stereocenters. The monoisotopic (exact) mass is 413 g/mol. The first-order valence-corrected chi connectivity index (χ1v) is 11.2. The number of carbonyl (C=O) groups excluding carboxylic acids is 2. The summed E-state index contributed by atoms with van der Waals surface area (Å²) in [5.74, 6) is 2.06. The summed E-state index contributed by atoms with van der Waals surface area (Å²) < 4.78 is 5.24. The molecular formula is C22H27N3O3S. The van der Waals surface area contributed by atoms with Gasteiger partial charge in [0.05, 0.1) is 11.3 Å². The van der Waals surface area contributed by atoms with Crippen LogP contribution in [0, 0.1) is 19.8 Å². The first-order chi connectivity index (χ1) is 14.0. The maximum Gasteiger partial charge on any atom is 0.252 e. The van der Waals surface area contributed by atoms with Gasteiger partial charge in [0.15, 0.2) is 0 Å². The highest BCUT2D eigenvalue weighted by Gasteiger charge is 2.35. The third-order valence-corrected chi connectivity index (χ3v) is 6.85. The number of carbonyl (C=O) groups is 2. The number of aromatic nitrogens is 1. The van der Waals surface area contributed by atoms with E-state index in [1.54, 1.807) is 11.8 Å². The molecule has 1 N–H and O–H groups in total. The van der Waals surface area contributed by atoms with Crippen LogP contribution < -0.4 is 5.32 Å². The number of piperidine rings is 1. The highest BCUT2D eigenvalue weighted by Crippen LogP contribution is 2.32. The Hall–Kier alpha value is -2.28. The second kappa shape index (κ2) is 8.61. The summed E-state index contributed by atoms with van der Waals surface area (Å²) in [7, 11) is 0. The average Bonchev–Trinajstić information content (AvgIpc) is 3.53. The SMILES string of the molecule is Cc1noc(C)c1CSc1ccccc1C(=O)NC1CCN(C(=O)C2CC2)CC1. The molecule has 0 spiro atoms. The molecule has 6 nitrogen and oxygen atoms in total. The van der Waals surface area contributed by atoms with E-state index in [4.69, 9.17) is 4.52 Å². The molecule has 0 radical (unpaired) electrons. The lowest BCUT2D eigenvalue weighted by Crippen LogP contribution is -2.47. The number of thioether (sulfide) groups is 1. The number of likely N-dealkylation sites (tertiary alicyclic amines) is 1. The smallest absolute Gasteiger partial charge is 0.252 e. The number of hydrogen-bond donors (Lipinski definition) is 1. The summed E-state index contributed by atoms with van der Waals surface area (Å²) in [6.45, 7) is 5.33. The van der Waals surface area contributed by atoms with E-state index in [1.807, 2.05) is 43.0 Å². The zero-order chi connectivity index (χ0) is 20.4. The summed E-state index contributed by atoms with van der Waals surface area (Å²) in [5, 5.41) is 7.18. The van der Waals surface area contributed by atoms with Crippen LogP contribution in [0.5, 0.6) is 0 Å². The minimum Gasteiger partial charge on any atom is -0.361 e. The van der Waals surface area contributed by atoms with Gasteiger partial charge in [-0.1, -0.05) is 17.3 Å². The van der Waals surface area contributed by atoms with E-state index in [1.165, 1.54) is 0 Å². The van der Waals surface area contributed by atoms with E-state index in [0.29, 0.717) is 17.2 Å². The van der Waals surface area contributed by atoms with E-state index in [2.05, 4.69) is 10.5 Å². The Kier molecular flexibility index (Phi) is 5.94. The first-order valence-electron chi connectivity index (χ1n) is 10.3. The van der Waals surface area contributed by atoms with Crippen molar-refractivity contribution in [1.82, 2.24) is 15.4 Å². The third kappa shape index (κ3) is 4.66. The summed E-state index contributed by atoms with van der Waals surface area (Å²) in [6, 6.07) is 7.82. The third-order valence-electron chi connectivity index (χ3n) is 5.75. The van der Waals surface area contributed by atoms with Gasteiger partial charge in [-0.25, -0.2) is 0 Å². The van der Waals surface area contributed by atoms with E-state index in [0.717, 1.165) is 60.7 Å². The van der Waals surface area contributed by atoms with E-state index >= 15 is 0 Å².